The number of pyridine rings is 1. The van der Waals surface area contributed by atoms with Crippen molar-refractivity contribution in [1.29, 1.82) is 0 Å². The van der Waals surface area contributed by atoms with Crippen LogP contribution in [0.15, 0.2) is 63.4 Å². The monoisotopic (exact) mass is 494 g/mol. The van der Waals surface area contributed by atoms with E-state index in [0.29, 0.717) is 12.0 Å². The zero-order chi connectivity index (χ0) is 23.9. The SMILES string of the molecule is CN(C)S(=O)(=O)c1ccc(COC(=O)c2c3c(nc4ccccc24)/C(=C\c2cccs2)CC3)o1. The van der Waals surface area contributed by atoms with Crippen LogP contribution in [0.5, 0.6) is 0 Å². The van der Waals surface area contributed by atoms with Gasteiger partial charge in [0.05, 0.1) is 16.8 Å². The Kier molecular flexibility index (Phi) is 5.85. The van der Waals surface area contributed by atoms with Gasteiger partial charge in [0, 0.05) is 24.4 Å². The highest BCUT2D eigenvalue weighted by molar-refractivity contribution is 7.88. The van der Waals surface area contributed by atoms with Gasteiger partial charge >= 0.3 is 5.97 Å². The zero-order valence-corrected chi connectivity index (χ0v) is 20.3. The van der Waals surface area contributed by atoms with Crippen LogP contribution in [0.4, 0.5) is 0 Å². The number of benzene rings is 1. The van der Waals surface area contributed by atoms with Crippen molar-refractivity contribution in [2.24, 2.45) is 0 Å². The standard InChI is InChI=1S/C25H22N2O5S2/c1-27(2)34(29,30)22-12-10-17(32-22)15-31-25(28)23-19-7-3-4-8-21(19)26-24-16(9-11-20(23)24)14-18-6-5-13-33-18/h3-8,10,12-14H,9,11,15H2,1-2H3/b16-14-. The predicted octanol–water partition coefficient (Wildman–Crippen LogP) is 4.98. The van der Waals surface area contributed by atoms with E-state index in [4.69, 9.17) is 14.1 Å². The molecule has 1 aromatic carbocycles. The summed E-state index contributed by atoms with van der Waals surface area (Å²) in [5, 5.41) is 2.57. The molecular weight excluding hydrogens is 472 g/mol. The van der Waals surface area contributed by atoms with Crippen LogP contribution >= 0.6 is 11.3 Å². The molecule has 0 spiro atoms. The summed E-state index contributed by atoms with van der Waals surface area (Å²) in [4.78, 5) is 19.3. The van der Waals surface area contributed by atoms with Crippen molar-refractivity contribution in [3.63, 3.8) is 0 Å². The highest BCUT2D eigenvalue weighted by atomic mass is 32.2. The number of allylic oxidation sites excluding steroid dienone is 1. The predicted molar refractivity (Wildman–Crippen MR) is 131 cm³/mol. The van der Waals surface area contributed by atoms with E-state index in [0.717, 1.165) is 43.3 Å². The summed E-state index contributed by atoms with van der Waals surface area (Å²) in [6.07, 6.45) is 3.62. The third-order valence-corrected chi connectivity index (χ3v) is 8.23. The normalized spacial score (nSPS) is 14.7. The molecule has 0 radical (unpaired) electrons. The number of nitrogens with zero attached hydrogens (tertiary/aromatic N) is 2. The first-order valence-corrected chi connectivity index (χ1v) is 13.0. The Morgan fingerprint density at radius 1 is 1.15 bits per heavy atom. The van der Waals surface area contributed by atoms with Crippen LogP contribution in [0.3, 0.4) is 0 Å². The average molecular weight is 495 g/mol. The first-order chi connectivity index (χ1) is 16.3. The quantitative estimate of drug-likeness (QED) is 0.351. The number of rotatable bonds is 6. The summed E-state index contributed by atoms with van der Waals surface area (Å²) in [6.45, 7) is -0.175. The first-order valence-electron chi connectivity index (χ1n) is 10.7. The fourth-order valence-electron chi connectivity index (χ4n) is 4.02. The fraction of sp³-hybridized carbons (Fsp3) is 0.200. The lowest BCUT2D eigenvalue weighted by Crippen LogP contribution is -2.21. The van der Waals surface area contributed by atoms with E-state index in [1.807, 2.05) is 35.7 Å². The number of ether oxygens (including phenoxy) is 1. The molecule has 0 fully saturated rings. The molecule has 0 atom stereocenters. The Balaban J connectivity index is 1.47. The number of carbonyl (C=O) groups excluding carboxylic acids is 1. The smallest absolute Gasteiger partial charge is 0.339 e. The largest absolute Gasteiger partial charge is 0.454 e. The van der Waals surface area contributed by atoms with Gasteiger partial charge in [0.15, 0.2) is 0 Å². The van der Waals surface area contributed by atoms with Gasteiger partial charge in [-0.15, -0.1) is 11.3 Å². The summed E-state index contributed by atoms with van der Waals surface area (Å²) in [5.41, 5.74) is 4.03. The van der Waals surface area contributed by atoms with Crippen molar-refractivity contribution < 1.29 is 22.4 Å². The number of hydrogen-bond donors (Lipinski definition) is 0. The van der Waals surface area contributed by atoms with Crippen LogP contribution in [-0.4, -0.2) is 37.8 Å². The number of furan rings is 1. The van der Waals surface area contributed by atoms with Crippen LogP contribution in [0, 0.1) is 0 Å². The van der Waals surface area contributed by atoms with Gasteiger partial charge in [-0.05, 0) is 59.7 Å². The van der Waals surface area contributed by atoms with Crippen LogP contribution in [-0.2, 0) is 27.8 Å². The van der Waals surface area contributed by atoms with Gasteiger partial charge in [-0.3, -0.25) is 0 Å². The number of para-hydroxylation sites is 1. The van der Waals surface area contributed by atoms with E-state index in [9.17, 15) is 13.2 Å². The molecule has 3 aromatic heterocycles. The molecule has 5 rings (SSSR count). The lowest BCUT2D eigenvalue weighted by Gasteiger charge is -2.12. The Bertz CT molecular complexity index is 1520. The molecule has 174 valence electrons. The van der Waals surface area contributed by atoms with Crippen molar-refractivity contribution in [2.45, 2.75) is 24.5 Å². The fourth-order valence-corrected chi connectivity index (χ4v) is 5.51. The van der Waals surface area contributed by atoms with Crippen molar-refractivity contribution >= 4 is 49.9 Å². The highest BCUT2D eigenvalue weighted by Crippen LogP contribution is 2.38. The topological polar surface area (TPSA) is 89.7 Å². The maximum Gasteiger partial charge on any atom is 0.339 e. The van der Waals surface area contributed by atoms with E-state index in [1.54, 1.807) is 11.3 Å². The molecule has 9 heteroatoms. The second-order valence-corrected chi connectivity index (χ2v) is 11.2. The van der Waals surface area contributed by atoms with Crippen LogP contribution in [0.1, 0.15) is 38.7 Å². The van der Waals surface area contributed by atoms with E-state index < -0.39 is 16.0 Å². The minimum absolute atomic E-state index is 0.175. The Labute approximate surface area is 201 Å². The lowest BCUT2D eigenvalue weighted by atomic mass is 10.0. The van der Waals surface area contributed by atoms with E-state index >= 15 is 0 Å². The van der Waals surface area contributed by atoms with E-state index in [-0.39, 0.29) is 17.5 Å². The van der Waals surface area contributed by atoms with Gasteiger partial charge in [-0.1, -0.05) is 24.3 Å². The molecule has 34 heavy (non-hydrogen) atoms. The Morgan fingerprint density at radius 2 is 1.97 bits per heavy atom. The summed E-state index contributed by atoms with van der Waals surface area (Å²) in [5.74, 6) is -0.234. The maximum atomic E-state index is 13.3. The molecule has 0 saturated carbocycles. The van der Waals surface area contributed by atoms with Gasteiger partial charge in [0.1, 0.15) is 12.4 Å². The van der Waals surface area contributed by atoms with Crippen LogP contribution < -0.4 is 0 Å². The number of sulfonamides is 1. The molecule has 1 aliphatic carbocycles. The van der Waals surface area contributed by atoms with Gasteiger partial charge in [0.25, 0.3) is 10.0 Å². The second-order valence-electron chi connectivity index (χ2n) is 8.10. The second kappa shape index (κ2) is 8.83. The van der Waals surface area contributed by atoms with Crippen LogP contribution in [0.2, 0.25) is 0 Å². The molecule has 0 bridgehead atoms. The van der Waals surface area contributed by atoms with Gasteiger partial charge in [0.2, 0.25) is 5.09 Å². The molecule has 0 aliphatic heterocycles. The van der Waals surface area contributed by atoms with Crippen molar-refractivity contribution in [1.82, 2.24) is 9.29 Å². The molecule has 0 N–H and O–H groups in total. The van der Waals surface area contributed by atoms with Gasteiger partial charge < -0.3 is 9.15 Å². The third-order valence-electron chi connectivity index (χ3n) is 5.72. The van der Waals surface area contributed by atoms with E-state index in [2.05, 4.69) is 12.1 Å². The molecule has 1 aliphatic rings. The maximum absolute atomic E-state index is 13.3. The van der Waals surface area contributed by atoms with Crippen LogP contribution in [0.25, 0.3) is 22.6 Å². The summed E-state index contributed by atoms with van der Waals surface area (Å²) in [7, 11) is -0.850. The number of aromatic nitrogens is 1. The van der Waals surface area contributed by atoms with Gasteiger partial charge in [-0.25, -0.2) is 22.5 Å². The van der Waals surface area contributed by atoms with Gasteiger partial charge in [-0.2, -0.15) is 0 Å². The molecule has 0 unspecified atom stereocenters. The molecule has 4 aromatic rings. The number of esters is 1. The molecule has 3 heterocycles. The summed E-state index contributed by atoms with van der Waals surface area (Å²) >= 11 is 1.66. The minimum atomic E-state index is -3.70. The highest BCUT2D eigenvalue weighted by Gasteiger charge is 2.28. The van der Waals surface area contributed by atoms with Crippen molar-refractivity contribution in [3.05, 3.63) is 81.4 Å². The number of hydrogen-bond acceptors (Lipinski definition) is 7. The molecule has 7 nitrogen and oxygen atoms in total. The lowest BCUT2D eigenvalue weighted by molar-refractivity contribution is 0.0441. The number of thiophene rings is 1. The summed E-state index contributed by atoms with van der Waals surface area (Å²) in [6, 6.07) is 14.4. The van der Waals surface area contributed by atoms with Crippen molar-refractivity contribution in [2.75, 3.05) is 14.1 Å². The molecule has 0 saturated heterocycles. The Hall–Kier alpha value is -3.27. The minimum Gasteiger partial charge on any atom is -0.454 e. The van der Waals surface area contributed by atoms with E-state index in [1.165, 1.54) is 26.2 Å². The average Bonchev–Trinajstić information content (AvgIpc) is 3.58. The zero-order valence-electron chi connectivity index (χ0n) is 18.6. The Morgan fingerprint density at radius 3 is 2.74 bits per heavy atom. The summed E-state index contributed by atoms with van der Waals surface area (Å²) < 4.78 is 36.6. The third kappa shape index (κ3) is 4.06. The number of fused-ring (bicyclic) bond motifs is 2. The number of carbonyl (C=O) groups is 1. The molecule has 0 amide bonds. The molecular formula is C25H22N2O5S2. The first kappa shape index (κ1) is 22.5. The van der Waals surface area contributed by atoms with Crippen molar-refractivity contribution in [3.8, 4) is 0 Å².